The van der Waals surface area contributed by atoms with Gasteiger partial charge in [-0.2, -0.15) is 0 Å². The van der Waals surface area contributed by atoms with Gasteiger partial charge >= 0.3 is 0 Å². The maximum atomic E-state index is 5.38. The summed E-state index contributed by atoms with van der Waals surface area (Å²) in [5.41, 5.74) is -0.424. The number of rotatable bonds is 5. The van der Waals surface area contributed by atoms with Crippen LogP contribution in [0.3, 0.4) is 0 Å². The highest BCUT2D eigenvalue weighted by Gasteiger charge is 2.22. The molecule has 13 heavy (non-hydrogen) atoms. The van der Waals surface area contributed by atoms with Gasteiger partial charge in [-0.15, -0.1) is 0 Å². The molecule has 2 nitrogen and oxygen atoms in total. The minimum Gasteiger partial charge on any atom is -0.230 e. The van der Waals surface area contributed by atoms with Crippen molar-refractivity contribution in [1.29, 1.82) is 0 Å². The zero-order valence-electron chi connectivity index (χ0n) is 9.32. The summed E-state index contributed by atoms with van der Waals surface area (Å²) in [7, 11) is 0. The first-order chi connectivity index (χ1) is 5.77. The first-order valence-electron chi connectivity index (χ1n) is 4.70. The van der Waals surface area contributed by atoms with E-state index in [0.29, 0.717) is 0 Å². The number of hydrogen-bond acceptors (Lipinski definition) is 2. The van der Waals surface area contributed by atoms with Crippen molar-refractivity contribution in [2.24, 2.45) is 0 Å². The molecule has 0 fully saturated rings. The monoisotopic (exact) mass is 252 g/mol. The lowest BCUT2D eigenvalue weighted by Crippen LogP contribution is -2.30. The normalized spacial score (nSPS) is 13.4. The largest absolute Gasteiger partial charge is 0.230 e. The molecule has 0 aromatic heterocycles. The van der Waals surface area contributed by atoms with Crippen LogP contribution in [0.5, 0.6) is 0 Å². The molecule has 80 valence electrons. The van der Waals surface area contributed by atoms with Crippen LogP contribution in [-0.2, 0) is 9.78 Å². The van der Waals surface area contributed by atoms with Crippen LogP contribution < -0.4 is 0 Å². The van der Waals surface area contributed by atoms with Crippen molar-refractivity contribution in [3.63, 3.8) is 0 Å². The van der Waals surface area contributed by atoms with Crippen LogP contribution in [0.2, 0.25) is 0 Å². The van der Waals surface area contributed by atoms with Gasteiger partial charge in [-0.05, 0) is 47.5 Å². The van der Waals surface area contributed by atoms with Crippen LogP contribution in [0.15, 0.2) is 0 Å². The Morgan fingerprint density at radius 1 is 1.00 bits per heavy atom. The van der Waals surface area contributed by atoms with Crippen LogP contribution in [-0.4, -0.2) is 16.5 Å². The van der Waals surface area contributed by atoms with E-state index < -0.39 is 0 Å². The molecule has 0 aromatic rings. The Hall–Kier alpha value is 0.400. The summed E-state index contributed by atoms with van der Waals surface area (Å²) < 4.78 is 0. The van der Waals surface area contributed by atoms with Crippen LogP contribution in [0.25, 0.3) is 0 Å². The van der Waals surface area contributed by atoms with E-state index in [2.05, 4.69) is 15.9 Å². The average Bonchev–Trinajstić information content (AvgIpc) is 1.97. The third kappa shape index (κ3) is 8.72. The van der Waals surface area contributed by atoms with Gasteiger partial charge in [-0.25, -0.2) is 9.78 Å². The zero-order chi connectivity index (χ0) is 10.5. The molecular formula is C10H21BrO2. The molecule has 0 saturated heterocycles. The van der Waals surface area contributed by atoms with E-state index in [-0.39, 0.29) is 11.2 Å². The highest BCUT2D eigenvalue weighted by atomic mass is 79.9. The second kappa shape index (κ2) is 5.32. The molecule has 0 aliphatic rings. The first-order valence-corrected chi connectivity index (χ1v) is 5.82. The van der Waals surface area contributed by atoms with E-state index in [9.17, 15) is 0 Å². The van der Waals surface area contributed by atoms with Gasteiger partial charge in [-0.3, -0.25) is 0 Å². The van der Waals surface area contributed by atoms with Gasteiger partial charge in [0.1, 0.15) is 0 Å². The van der Waals surface area contributed by atoms with E-state index in [1.165, 1.54) is 0 Å². The van der Waals surface area contributed by atoms with Crippen molar-refractivity contribution in [3.05, 3.63) is 0 Å². The van der Waals surface area contributed by atoms with Crippen molar-refractivity contribution >= 4 is 15.9 Å². The standard InChI is InChI=1S/C10H21BrO2/c1-9(2,3)12-13-10(4,5)7-6-8-11/h6-8H2,1-5H3. The highest BCUT2D eigenvalue weighted by Crippen LogP contribution is 2.21. The third-order valence-corrected chi connectivity index (χ3v) is 1.99. The topological polar surface area (TPSA) is 18.5 Å². The van der Waals surface area contributed by atoms with E-state index in [1.807, 2.05) is 34.6 Å². The molecule has 0 aromatic carbocycles. The smallest absolute Gasteiger partial charge is 0.0980 e. The molecular weight excluding hydrogens is 232 g/mol. The first kappa shape index (κ1) is 13.4. The summed E-state index contributed by atoms with van der Waals surface area (Å²) in [4.78, 5) is 10.7. The second-order valence-electron chi connectivity index (χ2n) is 4.83. The summed E-state index contributed by atoms with van der Waals surface area (Å²) >= 11 is 3.40. The maximum absolute atomic E-state index is 5.38. The summed E-state index contributed by atoms with van der Waals surface area (Å²) in [6.07, 6.45) is 2.09. The summed E-state index contributed by atoms with van der Waals surface area (Å²) in [5, 5.41) is 1.01. The van der Waals surface area contributed by atoms with Crippen LogP contribution in [0.4, 0.5) is 0 Å². The SMILES string of the molecule is CC(C)(C)OOC(C)(C)CCCBr. The Bertz CT molecular complexity index is 138. The average molecular weight is 253 g/mol. The molecule has 0 unspecified atom stereocenters. The lowest BCUT2D eigenvalue weighted by atomic mass is 10.0. The molecule has 0 amide bonds. The van der Waals surface area contributed by atoms with Gasteiger partial charge in [0.05, 0.1) is 11.2 Å². The Kier molecular flexibility index (Phi) is 5.49. The fourth-order valence-electron chi connectivity index (χ4n) is 0.772. The van der Waals surface area contributed by atoms with Gasteiger partial charge in [0.25, 0.3) is 0 Å². The summed E-state index contributed by atoms with van der Waals surface area (Å²) in [6, 6.07) is 0. The molecule has 0 radical (unpaired) electrons. The summed E-state index contributed by atoms with van der Waals surface area (Å²) in [5.74, 6) is 0. The Morgan fingerprint density at radius 2 is 1.54 bits per heavy atom. The van der Waals surface area contributed by atoms with E-state index in [0.717, 1.165) is 18.2 Å². The molecule has 0 aliphatic carbocycles. The molecule has 0 saturated carbocycles. The zero-order valence-corrected chi connectivity index (χ0v) is 10.9. The predicted octanol–water partition coefficient (Wildman–Crippen LogP) is 3.69. The second-order valence-corrected chi connectivity index (χ2v) is 5.62. The number of hydrogen-bond donors (Lipinski definition) is 0. The molecule has 0 rings (SSSR count). The Morgan fingerprint density at radius 3 is 1.92 bits per heavy atom. The third-order valence-electron chi connectivity index (χ3n) is 1.43. The van der Waals surface area contributed by atoms with E-state index >= 15 is 0 Å². The van der Waals surface area contributed by atoms with Crippen molar-refractivity contribution in [1.82, 2.24) is 0 Å². The molecule has 0 bridgehead atoms. The highest BCUT2D eigenvalue weighted by molar-refractivity contribution is 9.09. The van der Waals surface area contributed by atoms with Crippen molar-refractivity contribution in [2.75, 3.05) is 5.33 Å². The lowest BCUT2D eigenvalue weighted by molar-refractivity contribution is -0.398. The van der Waals surface area contributed by atoms with Crippen molar-refractivity contribution < 1.29 is 9.78 Å². The van der Waals surface area contributed by atoms with Gasteiger partial charge in [-0.1, -0.05) is 15.9 Å². The lowest BCUT2D eigenvalue weighted by Gasteiger charge is -2.28. The van der Waals surface area contributed by atoms with E-state index in [4.69, 9.17) is 9.78 Å². The molecule has 0 N–H and O–H groups in total. The summed E-state index contributed by atoms with van der Waals surface area (Å²) in [6.45, 7) is 10.0. The fourth-order valence-corrected chi connectivity index (χ4v) is 1.05. The van der Waals surface area contributed by atoms with Gasteiger partial charge in [0.2, 0.25) is 0 Å². The quantitative estimate of drug-likeness (QED) is 0.422. The molecule has 3 heteroatoms. The Labute approximate surface area is 90.0 Å². The molecule has 0 spiro atoms. The minimum absolute atomic E-state index is 0.193. The predicted molar refractivity (Wildman–Crippen MR) is 59.0 cm³/mol. The maximum Gasteiger partial charge on any atom is 0.0980 e. The fraction of sp³-hybridized carbons (Fsp3) is 1.00. The molecule has 0 aliphatic heterocycles. The Balaban J connectivity index is 3.75. The van der Waals surface area contributed by atoms with Crippen LogP contribution in [0, 0.1) is 0 Å². The van der Waals surface area contributed by atoms with Gasteiger partial charge in [0, 0.05) is 5.33 Å². The van der Waals surface area contributed by atoms with Crippen LogP contribution >= 0.6 is 15.9 Å². The molecule has 0 heterocycles. The van der Waals surface area contributed by atoms with Crippen molar-refractivity contribution in [3.8, 4) is 0 Å². The van der Waals surface area contributed by atoms with E-state index in [1.54, 1.807) is 0 Å². The van der Waals surface area contributed by atoms with Crippen molar-refractivity contribution in [2.45, 2.75) is 58.7 Å². The number of halogens is 1. The number of alkyl halides is 1. The minimum atomic E-state index is -0.230. The van der Waals surface area contributed by atoms with Gasteiger partial charge in [0.15, 0.2) is 0 Å². The van der Waals surface area contributed by atoms with Gasteiger partial charge < -0.3 is 0 Å². The van der Waals surface area contributed by atoms with Crippen LogP contribution in [0.1, 0.15) is 47.5 Å². The molecule has 0 atom stereocenters.